The molecule has 2 aromatic carbocycles. The van der Waals surface area contributed by atoms with Crippen molar-refractivity contribution in [3.8, 4) is 11.5 Å². The normalized spacial score (nSPS) is 13.1. The molecule has 0 fully saturated rings. The number of nitrogens with one attached hydrogen (secondary N) is 2. The van der Waals surface area contributed by atoms with Gasteiger partial charge in [0.05, 0.1) is 19.7 Å². The second-order valence-electron chi connectivity index (χ2n) is 7.80. The number of amides is 1. The van der Waals surface area contributed by atoms with E-state index < -0.39 is 0 Å². The van der Waals surface area contributed by atoms with Crippen LogP contribution in [0.1, 0.15) is 29.7 Å². The lowest BCUT2D eigenvalue weighted by molar-refractivity contribution is -0.116. The van der Waals surface area contributed by atoms with Gasteiger partial charge in [-0.05, 0) is 61.1 Å². The topological polar surface area (TPSA) is 72.5 Å². The molecule has 32 heavy (non-hydrogen) atoms. The molecule has 0 saturated carbocycles. The van der Waals surface area contributed by atoms with E-state index in [1.807, 2.05) is 30.3 Å². The third kappa shape index (κ3) is 4.85. The van der Waals surface area contributed by atoms with E-state index in [9.17, 15) is 4.79 Å². The molecule has 6 heteroatoms. The molecule has 0 aliphatic heterocycles. The summed E-state index contributed by atoms with van der Waals surface area (Å²) in [5.41, 5.74) is 5.60. The summed E-state index contributed by atoms with van der Waals surface area (Å²) >= 11 is 0. The Bertz CT molecular complexity index is 1140. The number of aromatic nitrogens is 1. The summed E-state index contributed by atoms with van der Waals surface area (Å²) in [6, 6.07) is 13.8. The first kappa shape index (κ1) is 21.7. The van der Waals surface area contributed by atoms with Gasteiger partial charge in [0.2, 0.25) is 5.91 Å². The zero-order chi connectivity index (χ0) is 22.3. The number of rotatable bonds is 8. The Morgan fingerprint density at radius 2 is 1.84 bits per heavy atom. The van der Waals surface area contributed by atoms with Crippen LogP contribution in [0.2, 0.25) is 0 Å². The lowest BCUT2D eigenvalue weighted by Gasteiger charge is -2.21. The Kier molecular flexibility index (Phi) is 6.90. The molecule has 1 aromatic heterocycles. The molecule has 0 spiro atoms. The maximum atomic E-state index is 12.3. The van der Waals surface area contributed by atoms with Crippen LogP contribution in [-0.4, -0.2) is 38.2 Å². The minimum Gasteiger partial charge on any atom is -0.493 e. The lowest BCUT2D eigenvalue weighted by atomic mass is 9.92. The van der Waals surface area contributed by atoms with Crippen LogP contribution in [0.4, 0.5) is 5.69 Å². The smallest absolute Gasteiger partial charge is 0.244 e. The number of carbonyl (C=O) groups is 1. The van der Waals surface area contributed by atoms with Gasteiger partial charge in [0.1, 0.15) is 0 Å². The highest BCUT2D eigenvalue weighted by molar-refractivity contribution is 5.94. The van der Waals surface area contributed by atoms with Crippen LogP contribution in [-0.2, 0) is 17.6 Å². The van der Waals surface area contributed by atoms with E-state index in [-0.39, 0.29) is 5.91 Å². The predicted molar refractivity (Wildman–Crippen MR) is 128 cm³/mol. The number of para-hydroxylation sites is 1. The van der Waals surface area contributed by atoms with Gasteiger partial charge in [-0.3, -0.25) is 9.78 Å². The number of aryl methyl sites for hydroxylation is 1. The second kappa shape index (κ2) is 10.2. The maximum Gasteiger partial charge on any atom is 0.244 e. The van der Waals surface area contributed by atoms with Gasteiger partial charge in [0.25, 0.3) is 0 Å². The molecule has 1 aliphatic rings. The number of hydrogen-bond donors (Lipinski definition) is 2. The first-order valence-electron chi connectivity index (χ1n) is 11.0. The lowest BCUT2D eigenvalue weighted by Crippen LogP contribution is -2.27. The van der Waals surface area contributed by atoms with Crippen molar-refractivity contribution >= 4 is 28.6 Å². The number of nitrogens with zero attached hydrogens (tertiary/aromatic N) is 1. The summed E-state index contributed by atoms with van der Waals surface area (Å²) in [5.74, 6) is 1.15. The Morgan fingerprint density at radius 1 is 1.03 bits per heavy atom. The molecule has 1 amide bonds. The third-order valence-electron chi connectivity index (χ3n) is 5.73. The number of benzene rings is 2. The molecular weight excluding hydrogens is 402 g/mol. The molecule has 1 heterocycles. The van der Waals surface area contributed by atoms with Crippen molar-refractivity contribution in [3.05, 3.63) is 65.4 Å². The molecule has 0 bridgehead atoms. The minimum atomic E-state index is -0.136. The van der Waals surface area contributed by atoms with Crippen LogP contribution in [0.5, 0.6) is 11.5 Å². The van der Waals surface area contributed by atoms with Crippen LogP contribution in [0.25, 0.3) is 17.0 Å². The summed E-state index contributed by atoms with van der Waals surface area (Å²) in [6.45, 7) is 1.18. The standard InChI is InChI=1S/C26H29N3O3/c1-31-23-13-11-18(17-24(23)32-2)12-14-25(30)27-15-16-28-26-19-7-3-5-9-21(19)29-22-10-6-4-8-20(22)26/h3,5,7,9,11-14,17H,4,6,8,10,15-16H2,1-2H3,(H,27,30)(H,28,29)/b14-12+. The molecule has 4 rings (SSSR count). The van der Waals surface area contributed by atoms with Crippen molar-refractivity contribution in [2.24, 2.45) is 0 Å². The Labute approximate surface area is 188 Å². The van der Waals surface area contributed by atoms with E-state index >= 15 is 0 Å². The second-order valence-corrected chi connectivity index (χ2v) is 7.80. The Hall–Kier alpha value is -3.54. The molecule has 0 radical (unpaired) electrons. The summed E-state index contributed by atoms with van der Waals surface area (Å²) in [4.78, 5) is 17.1. The van der Waals surface area contributed by atoms with E-state index in [4.69, 9.17) is 14.5 Å². The number of hydrogen-bond acceptors (Lipinski definition) is 5. The molecule has 166 valence electrons. The van der Waals surface area contributed by atoms with Crippen LogP contribution in [0, 0.1) is 0 Å². The van der Waals surface area contributed by atoms with Crippen molar-refractivity contribution in [2.75, 3.05) is 32.6 Å². The van der Waals surface area contributed by atoms with Gasteiger partial charge in [-0.25, -0.2) is 0 Å². The van der Waals surface area contributed by atoms with Gasteiger partial charge >= 0.3 is 0 Å². The van der Waals surface area contributed by atoms with E-state index in [0.717, 1.165) is 29.3 Å². The van der Waals surface area contributed by atoms with Crippen LogP contribution >= 0.6 is 0 Å². The van der Waals surface area contributed by atoms with Crippen LogP contribution < -0.4 is 20.1 Å². The summed E-state index contributed by atoms with van der Waals surface area (Å²) in [6.07, 6.45) is 7.77. The summed E-state index contributed by atoms with van der Waals surface area (Å²) < 4.78 is 10.5. The largest absolute Gasteiger partial charge is 0.493 e. The molecule has 0 unspecified atom stereocenters. The molecule has 2 N–H and O–H groups in total. The fourth-order valence-electron chi connectivity index (χ4n) is 4.14. The molecule has 1 aliphatic carbocycles. The van der Waals surface area contributed by atoms with Crippen molar-refractivity contribution in [1.29, 1.82) is 0 Å². The number of methoxy groups -OCH3 is 2. The van der Waals surface area contributed by atoms with Gasteiger partial charge in [-0.1, -0.05) is 24.3 Å². The molecule has 6 nitrogen and oxygen atoms in total. The summed E-state index contributed by atoms with van der Waals surface area (Å²) in [7, 11) is 3.19. The van der Waals surface area contributed by atoms with Crippen molar-refractivity contribution in [2.45, 2.75) is 25.7 Å². The highest BCUT2D eigenvalue weighted by Gasteiger charge is 2.17. The fraction of sp³-hybridized carbons (Fsp3) is 0.308. The van der Waals surface area contributed by atoms with Crippen LogP contribution in [0.15, 0.2) is 48.5 Å². The van der Waals surface area contributed by atoms with Gasteiger partial charge < -0.3 is 20.1 Å². The van der Waals surface area contributed by atoms with Crippen molar-refractivity contribution in [3.63, 3.8) is 0 Å². The summed E-state index contributed by atoms with van der Waals surface area (Å²) in [5, 5.41) is 7.65. The maximum absolute atomic E-state index is 12.3. The van der Waals surface area contributed by atoms with Crippen molar-refractivity contribution < 1.29 is 14.3 Å². The monoisotopic (exact) mass is 431 g/mol. The van der Waals surface area contributed by atoms with E-state index in [2.05, 4.69) is 22.8 Å². The minimum absolute atomic E-state index is 0.136. The highest BCUT2D eigenvalue weighted by Crippen LogP contribution is 2.33. The number of anilines is 1. The molecule has 0 saturated heterocycles. The van der Waals surface area contributed by atoms with Crippen molar-refractivity contribution in [1.82, 2.24) is 10.3 Å². The average Bonchev–Trinajstić information content (AvgIpc) is 2.84. The zero-order valence-electron chi connectivity index (χ0n) is 18.6. The number of carbonyl (C=O) groups excluding carboxylic acids is 1. The van der Waals surface area contributed by atoms with E-state index in [0.29, 0.717) is 24.6 Å². The fourth-order valence-corrected chi connectivity index (χ4v) is 4.14. The highest BCUT2D eigenvalue weighted by atomic mass is 16.5. The van der Waals surface area contributed by atoms with E-state index in [1.165, 1.54) is 35.9 Å². The average molecular weight is 432 g/mol. The first-order chi connectivity index (χ1) is 15.7. The van der Waals surface area contributed by atoms with Gasteiger partial charge in [0, 0.05) is 35.9 Å². The molecule has 0 atom stereocenters. The zero-order valence-corrected chi connectivity index (χ0v) is 18.6. The third-order valence-corrected chi connectivity index (χ3v) is 5.73. The predicted octanol–water partition coefficient (Wildman–Crippen LogP) is 4.37. The number of fused-ring (bicyclic) bond motifs is 2. The molecular formula is C26H29N3O3. The SMILES string of the molecule is COc1ccc(/C=C/C(=O)NCCNc2c3c(nc4ccccc24)CCCC3)cc1OC. The quantitative estimate of drug-likeness (QED) is 0.409. The van der Waals surface area contributed by atoms with E-state index in [1.54, 1.807) is 20.3 Å². The number of pyridine rings is 1. The Balaban J connectivity index is 1.36. The number of ether oxygens (including phenoxy) is 2. The molecule has 3 aromatic rings. The van der Waals surface area contributed by atoms with Crippen LogP contribution in [0.3, 0.4) is 0 Å². The van der Waals surface area contributed by atoms with Gasteiger partial charge in [-0.15, -0.1) is 0 Å². The Morgan fingerprint density at radius 3 is 2.69 bits per heavy atom. The first-order valence-corrected chi connectivity index (χ1v) is 11.0. The van der Waals surface area contributed by atoms with Gasteiger partial charge in [-0.2, -0.15) is 0 Å². The van der Waals surface area contributed by atoms with Gasteiger partial charge in [0.15, 0.2) is 11.5 Å².